The number of carbonyl (C=O) groups is 1. The molecule has 0 bridgehead atoms. The summed E-state index contributed by atoms with van der Waals surface area (Å²) in [6.07, 6.45) is 0.772. The number of para-hydroxylation sites is 1. The SMILES string of the molecule is O=C(COc1ccccc1)NCCCOCCCl. The zero-order valence-corrected chi connectivity index (χ0v) is 11.0. The van der Waals surface area contributed by atoms with Gasteiger partial charge >= 0.3 is 0 Å². The first-order valence-corrected chi connectivity index (χ1v) is 6.44. The van der Waals surface area contributed by atoms with Gasteiger partial charge in [-0.05, 0) is 18.6 Å². The maximum Gasteiger partial charge on any atom is 0.257 e. The summed E-state index contributed by atoms with van der Waals surface area (Å²) < 4.78 is 10.5. The summed E-state index contributed by atoms with van der Waals surface area (Å²) in [7, 11) is 0. The number of alkyl halides is 1. The first-order chi connectivity index (χ1) is 8.83. The van der Waals surface area contributed by atoms with Gasteiger partial charge in [-0.25, -0.2) is 0 Å². The van der Waals surface area contributed by atoms with E-state index < -0.39 is 0 Å². The summed E-state index contributed by atoms with van der Waals surface area (Å²) in [5, 5.41) is 2.75. The van der Waals surface area contributed by atoms with Crippen molar-refractivity contribution in [2.75, 3.05) is 32.2 Å². The molecule has 0 unspecified atom stereocenters. The average molecular weight is 272 g/mol. The third-order valence-corrected chi connectivity index (χ3v) is 2.28. The van der Waals surface area contributed by atoms with Gasteiger partial charge in [-0.3, -0.25) is 4.79 Å². The van der Waals surface area contributed by atoms with Gasteiger partial charge < -0.3 is 14.8 Å². The van der Waals surface area contributed by atoms with E-state index in [0.717, 1.165) is 6.42 Å². The molecule has 0 fully saturated rings. The zero-order chi connectivity index (χ0) is 13.1. The fourth-order valence-electron chi connectivity index (χ4n) is 1.28. The molecule has 0 spiro atoms. The van der Waals surface area contributed by atoms with E-state index in [0.29, 0.717) is 31.4 Å². The Morgan fingerprint density at radius 1 is 1.22 bits per heavy atom. The van der Waals surface area contributed by atoms with E-state index in [-0.39, 0.29) is 12.5 Å². The minimum atomic E-state index is -0.129. The third-order valence-electron chi connectivity index (χ3n) is 2.12. The first kappa shape index (κ1) is 14.8. The van der Waals surface area contributed by atoms with Crippen LogP contribution in [0.5, 0.6) is 5.75 Å². The number of hydrogen-bond acceptors (Lipinski definition) is 3. The van der Waals surface area contributed by atoms with Crippen LogP contribution in [0.3, 0.4) is 0 Å². The van der Waals surface area contributed by atoms with Crippen LogP contribution < -0.4 is 10.1 Å². The second-order valence-electron chi connectivity index (χ2n) is 3.61. The number of benzene rings is 1. The molecule has 18 heavy (non-hydrogen) atoms. The molecule has 0 saturated heterocycles. The monoisotopic (exact) mass is 271 g/mol. The molecule has 100 valence electrons. The predicted octanol–water partition coefficient (Wildman–Crippen LogP) is 1.83. The van der Waals surface area contributed by atoms with Gasteiger partial charge in [-0.1, -0.05) is 18.2 Å². The van der Waals surface area contributed by atoms with Crippen molar-refractivity contribution >= 4 is 17.5 Å². The summed E-state index contributed by atoms with van der Waals surface area (Å²) >= 11 is 5.45. The second kappa shape index (κ2) is 9.74. The Morgan fingerprint density at radius 3 is 2.72 bits per heavy atom. The van der Waals surface area contributed by atoms with Crippen LogP contribution in [-0.4, -0.2) is 38.2 Å². The first-order valence-electron chi connectivity index (χ1n) is 5.91. The van der Waals surface area contributed by atoms with Crippen molar-refractivity contribution < 1.29 is 14.3 Å². The van der Waals surface area contributed by atoms with Gasteiger partial charge in [0.1, 0.15) is 5.75 Å². The second-order valence-corrected chi connectivity index (χ2v) is 3.98. The number of hydrogen-bond donors (Lipinski definition) is 1. The molecule has 1 aromatic carbocycles. The van der Waals surface area contributed by atoms with Crippen molar-refractivity contribution in [3.05, 3.63) is 30.3 Å². The van der Waals surface area contributed by atoms with Crippen molar-refractivity contribution in [1.82, 2.24) is 5.32 Å². The number of rotatable bonds is 9. The normalized spacial score (nSPS) is 10.1. The Hall–Kier alpha value is -1.26. The Balaban J connectivity index is 2.01. The highest BCUT2D eigenvalue weighted by molar-refractivity contribution is 6.17. The van der Waals surface area contributed by atoms with Crippen LogP contribution in [0.15, 0.2) is 30.3 Å². The molecule has 1 rings (SSSR count). The lowest BCUT2D eigenvalue weighted by atomic mass is 10.3. The molecule has 0 atom stereocenters. The maximum absolute atomic E-state index is 11.4. The van der Waals surface area contributed by atoms with Crippen LogP contribution in [0.25, 0.3) is 0 Å². The summed E-state index contributed by atoms with van der Waals surface area (Å²) in [4.78, 5) is 11.4. The Labute approximate surface area is 112 Å². The molecule has 0 aliphatic carbocycles. The lowest BCUT2D eigenvalue weighted by molar-refractivity contribution is -0.123. The lowest BCUT2D eigenvalue weighted by Crippen LogP contribution is -2.30. The van der Waals surface area contributed by atoms with Gasteiger partial charge in [-0.15, -0.1) is 11.6 Å². The Morgan fingerprint density at radius 2 is 2.00 bits per heavy atom. The van der Waals surface area contributed by atoms with E-state index >= 15 is 0 Å². The smallest absolute Gasteiger partial charge is 0.257 e. The van der Waals surface area contributed by atoms with Crippen LogP contribution in [0.2, 0.25) is 0 Å². The lowest BCUT2D eigenvalue weighted by Gasteiger charge is -2.07. The highest BCUT2D eigenvalue weighted by atomic mass is 35.5. The van der Waals surface area contributed by atoms with E-state index in [4.69, 9.17) is 21.1 Å². The van der Waals surface area contributed by atoms with Gasteiger partial charge in [0.05, 0.1) is 6.61 Å². The third kappa shape index (κ3) is 7.14. The van der Waals surface area contributed by atoms with Gasteiger partial charge in [0.2, 0.25) is 0 Å². The van der Waals surface area contributed by atoms with Gasteiger partial charge in [-0.2, -0.15) is 0 Å². The molecule has 0 radical (unpaired) electrons. The largest absolute Gasteiger partial charge is 0.484 e. The minimum Gasteiger partial charge on any atom is -0.484 e. The van der Waals surface area contributed by atoms with Crippen LogP contribution in [0.1, 0.15) is 6.42 Å². The van der Waals surface area contributed by atoms with E-state index in [1.165, 1.54) is 0 Å². The average Bonchev–Trinajstić information content (AvgIpc) is 2.41. The van der Waals surface area contributed by atoms with Gasteiger partial charge in [0.15, 0.2) is 6.61 Å². The number of ether oxygens (including phenoxy) is 2. The van der Waals surface area contributed by atoms with Crippen molar-refractivity contribution in [2.24, 2.45) is 0 Å². The molecule has 1 amide bonds. The molecule has 4 nitrogen and oxygen atoms in total. The van der Waals surface area contributed by atoms with Crippen molar-refractivity contribution in [1.29, 1.82) is 0 Å². The minimum absolute atomic E-state index is 0.0343. The molecular weight excluding hydrogens is 254 g/mol. The highest BCUT2D eigenvalue weighted by Gasteiger charge is 2.01. The number of nitrogens with one attached hydrogen (secondary N) is 1. The molecular formula is C13H18ClNO3. The molecule has 1 N–H and O–H groups in total. The molecule has 1 aromatic rings. The fraction of sp³-hybridized carbons (Fsp3) is 0.462. The summed E-state index contributed by atoms with van der Waals surface area (Å²) in [5.74, 6) is 1.06. The fourth-order valence-corrected chi connectivity index (χ4v) is 1.38. The van der Waals surface area contributed by atoms with Crippen LogP contribution in [0.4, 0.5) is 0 Å². The molecule has 5 heteroatoms. The van der Waals surface area contributed by atoms with Crippen LogP contribution in [-0.2, 0) is 9.53 Å². The standard InChI is InChI=1S/C13H18ClNO3/c14-7-10-17-9-4-8-15-13(16)11-18-12-5-2-1-3-6-12/h1-3,5-6H,4,7-11H2,(H,15,16). The number of carbonyl (C=O) groups excluding carboxylic acids is 1. The molecule has 0 saturated carbocycles. The summed E-state index contributed by atoms with van der Waals surface area (Å²) in [6, 6.07) is 9.25. The van der Waals surface area contributed by atoms with E-state index in [1.54, 1.807) is 0 Å². The quantitative estimate of drug-likeness (QED) is 0.551. The van der Waals surface area contributed by atoms with E-state index in [1.807, 2.05) is 30.3 Å². The molecule has 0 heterocycles. The van der Waals surface area contributed by atoms with Crippen molar-refractivity contribution in [2.45, 2.75) is 6.42 Å². The van der Waals surface area contributed by atoms with Crippen molar-refractivity contribution in [3.8, 4) is 5.75 Å². The van der Waals surface area contributed by atoms with Gasteiger partial charge in [0, 0.05) is 19.0 Å². The summed E-state index contributed by atoms with van der Waals surface area (Å²) in [6.45, 7) is 1.77. The topological polar surface area (TPSA) is 47.6 Å². The van der Waals surface area contributed by atoms with Crippen LogP contribution in [0, 0.1) is 0 Å². The van der Waals surface area contributed by atoms with Gasteiger partial charge in [0.25, 0.3) is 5.91 Å². The Bertz CT molecular complexity index is 332. The van der Waals surface area contributed by atoms with Crippen molar-refractivity contribution in [3.63, 3.8) is 0 Å². The highest BCUT2D eigenvalue weighted by Crippen LogP contribution is 2.07. The van der Waals surface area contributed by atoms with Crippen LogP contribution >= 0.6 is 11.6 Å². The molecule has 0 aliphatic heterocycles. The number of halogens is 1. The predicted molar refractivity (Wildman–Crippen MR) is 71.1 cm³/mol. The number of amides is 1. The van der Waals surface area contributed by atoms with E-state index in [9.17, 15) is 4.79 Å². The van der Waals surface area contributed by atoms with E-state index in [2.05, 4.69) is 5.32 Å². The Kier molecular flexibility index (Phi) is 8.01. The maximum atomic E-state index is 11.4. The molecule has 0 aliphatic rings. The summed E-state index contributed by atoms with van der Waals surface area (Å²) in [5.41, 5.74) is 0. The molecule has 0 aromatic heterocycles. The zero-order valence-electron chi connectivity index (χ0n) is 10.2.